The predicted molar refractivity (Wildman–Crippen MR) is 60.0 cm³/mol. The van der Waals surface area contributed by atoms with Crippen molar-refractivity contribution in [3.05, 3.63) is 32.3 Å². The third kappa shape index (κ3) is 3.61. The number of rotatable bonds is 5. The molecule has 0 bridgehead atoms. The van der Waals surface area contributed by atoms with Gasteiger partial charge in [-0.25, -0.2) is 0 Å². The number of carbonyl (C=O) groups excluding carboxylic acids is 1. The molecular formula is C9H12N4OS. The molecule has 0 unspecified atom stereocenters. The van der Waals surface area contributed by atoms with Crippen LogP contribution in [0.15, 0.2) is 15.9 Å². The molecule has 0 atom stereocenters. The van der Waals surface area contributed by atoms with Crippen molar-refractivity contribution in [2.24, 2.45) is 5.11 Å². The van der Waals surface area contributed by atoms with Gasteiger partial charge in [0.25, 0.3) is 5.91 Å². The molecular weight excluding hydrogens is 212 g/mol. The van der Waals surface area contributed by atoms with Crippen molar-refractivity contribution in [1.82, 2.24) is 5.32 Å². The van der Waals surface area contributed by atoms with Gasteiger partial charge in [0.2, 0.25) is 0 Å². The highest BCUT2D eigenvalue weighted by molar-refractivity contribution is 7.08. The van der Waals surface area contributed by atoms with E-state index >= 15 is 0 Å². The lowest BCUT2D eigenvalue weighted by atomic mass is 10.2. The van der Waals surface area contributed by atoms with Crippen LogP contribution in [-0.2, 0) is 0 Å². The Labute approximate surface area is 91.7 Å². The van der Waals surface area contributed by atoms with Gasteiger partial charge < -0.3 is 5.32 Å². The van der Waals surface area contributed by atoms with Crippen molar-refractivity contribution in [3.63, 3.8) is 0 Å². The maximum atomic E-state index is 11.6. The molecule has 1 aromatic heterocycles. The zero-order valence-corrected chi connectivity index (χ0v) is 9.25. The lowest BCUT2D eigenvalue weighted by molar-refractivity contribution is 0.0953. The van der Waals surface area contributed by atoms with Crippen LogP contribution in [0.2, 0.25) is 0 Å². The van der Waals surface area contributed by atoms with E-state index in [0.29, 0.717) is 19.5 Å². The topological polar surface area (TPSA) is 77.9 Å². The minimum atomic E-state index is -0.0605. The monoisotopic (exact) mass is 224 g/mol. The lowest BCUT2D eigenvalue weighted by Crippen LogP contribution is -2.24. The summed E-state index contributed by atoms with van der Waals surface area (Å²) in [4.78, 5) is 14.2. The summed E-state index contributed by atoms with van der Waals surface area (Å²) in [5.74, 6) is -0.0605. The fraction of sp³-hybridized carbons (Fsp3) is 0.444. The van der Waals surface area contributed by atoms with Gasteiger partial charge >= 0.3 is 0 Å². The molecule has 15 heavy (non-hydrogen) atoms. The quantitative estimate of drug-likeness (QED) is 0.354. The van der Waals surface area contributed by atoms with E-state index in [0.717, 1.165) is 11.1 Å². The van der Waals surface area contributed by atoms with E-state index in [1.807, 2.05) is 17.7 Å². The molecule has 0 radical (unpaired) electrons. The molecule has 0 aromatic carbocycles. The van der Waals surface area contributed by atoms with Gasteiger partial charge in [0.1, 0.15) is 0 Å². The molecule has 1 rings (SSSR count). The van der Waals surface area contributed by atoms with E-state index < -0.39 is 0 Å². The van der Waals surface area contributed by atoms with Crippen molar-refractivity contribution in [2.45, 2.75) is 13.3 Å². The standard InChI is InChI=1S/C9H12N4OS/c1-7-5-15-6-8(7)9(14)11-3-2-4-12-13-10/h5-6H,2-4H2,1H3,(H,11,14). The molecule has 80 valence electrons. The van der Waals surface area contributed by atoms with Gasteiger partial charge in [-0.15, -0.1) is 0 Å². The maximum absolute atomic E-state index is 11.6. The van der Waals surface area contributed by atoms with E-state index in [9.17, 15) is 4.79 Å². The van der Waals surface area contributed by atoms with E-state index in [1.54, 1.807) is 0 Å². The van der Waals surface area contributed by atoms with Crippen LogP contribution in [0, 0.1) is 6.92 Å². The molecule has 0 saturated heterocycles. The zero-order valence-electron chi connectivity index (χ0n) is 8.43. The van der Waals surface area contributed by atoms with Crippen LogP contribution in [0.5, 0.6) is 0 Å². The highest BCUT2D eigenvalue weighted by atomic mass is 32.1. The minimum Gasteiger partial charge on any atom is -0.352 e. The largest absolute Gasteiger partial charge is 0.352 e. The summed E-state index contributed by atoms with van der Waals surface area (Å²) in [6, 6.07) is 0. The number of nitrogens with zero attached hydrogens (tertiary/aromatic N) is 3. The van der Waals surface area contributed by atoms with Crippen molar-refractivity contribution < 1.29 is 4.79 Å². The lowest BCUT2D eigenvalue weighted by Gasteiger charge is -2.02. The van der Waals surface area contributed by atoms with Crippen molar-refractivity contribution in [1.29, 1.82) is 0 Å². The van der Waals surface area contributed by atoms with Crippen LogP contribution in [0.25, 0.3) is 10.4 Å². The molecule has 0 aliphatic rings. The maximum Gasteiger partial charge on any atom is 0.252 e. The average molecular weight is 224 g/mol. The Morgan fingerprint density at radius 3 is 3.07 bits per heavy atom. The summed E-state index contributed by atoms with van der Waals surface area (Å²) in [5, 5.41) is 9.92. The molecule has 0 fully saturated rings. The second-order valence-electron chi connectivity index (χ2n) is 3.03. The second kappa shape index (κ2) is 6.06. The molecule has 0 saturated carbocycles. The Bertz CT molecular complexity index is 381. The van der Waals surface area contributed by atoms with Crippen molar-refractivity contribution in [3.8, 4) is 0 Å². The highest BCUT2D eigenvalue weighted by Gasteiger charge is 2.07. The molecule has 5 nitrogen and oxygen atoms in total. The van der Waals surface area contributed by atoms with Gasteiger partial charge in [0.05, 0.1) is 5.56 Å². The summed E-state index contributed by atoms with van der Waals surface area (Å²) in [7, 11) is 0. The highest BCUT2D eigenvalue weighted by Crippen LogP contribution is 2.12. The van der Waals surface area contributed by atoms with Gasteiger partial charge in [-0.3, -0.25) is 4.79 Å². The Hall–Kier alpha value is -1.52. The molecule has 0 spiro atoms. The van der Waals surface area contributed by atoms with Crippen LogP contribution in [0.3, 0.4) is 0 Å². The van der Waals surface area contributed by atoms with Crippen molar-refractivity contribution in [2.75, 3.05) is 13.1 Å². The molecule has 1 heterocycles. The van der Waals surface area contributed by atoms with Crippen LogP contribution < -0.4 is 5.32 Å². The molecule has 6 heteroatoms. The molecule has 1 N–H and O–H groups in total. The number of aryl methyl sites for hydroxylation is 1. The van der Waals surface area contributed by atoms with E-state index in [-0.39, 0.29) is 5.91 Å². The average Bonchev–Trinajstić information content (AvgIpc) is 2.64. The summed E-state index contributed by atoms with van der Waals surface area (Å²) in [6.07, 6.45) is 0.666. The third-order valence-corrected chi connectivity index (χ3v) is 2.75. The first kappa shape index (κ1) is 11.6. The zero-order chi connectivity index (χ0) is 11.1. The summed E-state index contributed by atoms with van der Waals surface area (Å²) in [5.41, 5.74) is 9.75. The molecule has 0 aliphatic carbocycles. The number of hydrogen-bond acceptors (Lipinski definition) is 3. The molecule has 0 aliphatic heterocycles. The number of hydrogen-bond donors (Lipinski definition) is 1. The van der Waals surface area contributed by atoms with E-state index in [4.69, 9.17) is 5.53 Å². The fourth-order valence-corrected chi connectivity index (χ4v) is 1.91. The Kier molecular flexibility index (Phi) is 4.66. The van der Waals surface area contributed by atoms with Gasteiger partial charge in [-0.2, -0.15) is 11.3 Å². The van der Waals surface area contributed by atoms with Crippen LogP contribution in [0.4, 0.5) is 0 Å². The first-order valence-corrected chi connectivity index (χ1v) is 5.52. The van der Waals surface area contributed by atoms with Crippen molar-refractivity contribution >= 4 is 17.2 Å². The summed E-state index contributed by atoms with van der Waals surface area (Å²) < 4.78 is 0. The molecule has 1 amide bonds. The number of azide groups is 1. The predicted octanol–water partition coefficient (Wildman–Crippen LogP) is 2.49. The van der Waals surface area contributed by atoms with Gasteiger partial charge in [0, 0.05) is 23.4 Å². The van der Waals surface area contributed by atoms with Gasteiger partial charge in [0.15, 0.2) is 0 Å². The summed E-state index contributed by atoms with van der Waals surface area (Å²) >= 11 is 1.51. The number of nitrogens with one attached hydrogen (secondary N) is 1. The van der Waals surface area contributed by atoms with Crippen LogP contribution >= 0.6 is 11.3 Å². The smallest absolute Gasteiger partial charge is 0.252 e. The van der Waals surface area contributed by atoms with E-state index in [1.165, 1.54) is 11.3 Å². The first-order valence-electron chi connectivity index (χ1n) is 4.57. The Balaban J connectivity index is 2.31. The first-order chi connectivity index (χ1) is 7.25. The van der Waals surface area contributed by atoms with Crippen LogP contribution in [0.1, 0.15) is 22.3 Å². The molecule has 1 aromatic rings. The Morgan fingerprint density at radius 2 is 2.47 bits per heavy atom. The fourth-order valence-electron chi connectivity index (χ4n) is 1.08. The minimum absolute atomic E-state index is 0.0605. The van der Waals surface area contributed by atoms with Gasteiger partial charge in [-0.1, -0.05) is 5.11 Å². The van der Waals surface area contributed by atoms with E-state index in [2.05, 4.69) is 15.3 Å². The normalized spacial score (nSPS) is 9.40. The SMILES string of the molecule is Cc1cscc1C(=O)NCCCN=[N+]=[N-]. The van der Waals surface area contributed by atoms with Crippen LogP contribution in [-0.4, -0.2) is 19.0 Å². The number of carbonyl (C=O) groups is 1. The number of amides is 1. The number of thiophene rings is 1. The van der Waals surface area contributed by atoms with Gasteiger partial charge in [-0.05, 0) is 29.8 Å². The second-order valence-corrected chi connectivity index (χ2v) is 3.78. The Morgan fingerprint density at radius 1 is 1.67 bits per heavy atom. The summed E-state index contributed by atoms with van der Waals surface area (Å²) in [6.45, 7) is 2.86. The third-order valence-electron chi connectivity index (χ3n) is 1.88.